The molecule has 0 N–H and O–H groups in total. The van der Waals surface area contributed by atoms with Crippen LogP contribution in [0.5, 0.6) is 0 Å². The van der Waals surface area contributed by atoms with E-state index in [9.17, 15) is 9.18 Å². The lowest BCUT2D eigenvalue weighted by Crippen LogP contribution is -2.48. The number of fused-ring (bicyclic) bond motifs is 1. The summed E-state index contributed by atoms with van der Waals surface area (Å²) in [5.74, 6) is -0.276. The summed E-state index contributed by atoms with van der Waals surface area (Å²) in [5.41, 5.74) is 3.29. The van der Waals surface area contributed by atoms with Crippen LogP contribution in [0.3, 0.4) is 0 Å². The minimum atomic E-state index is -0.236. The van der Waals surface area contributed by atoms with E-state index in [0.29, 0.717) is 18.8 Å². The highest BCUT2D eigenvalue weighted by atomic mass is 19.1. The number of hydrogen-bond donors (Lipinski definition) is 0. The van der Waals surface area contributed by atoms with Crippen LogP contribution >= 0.6 is 0 Å². The molecule has 0 spiro atoms. The molecule has 6 heteroatoms. The molecular formula is C19H19FN4O. The summed E-state index contributed by atoms with van der Waals surface area (Å²) in [6, 6.07) is 12.3. The van der Waals surface area contributed by atoms with Gasteiger partial charge < -0.3 is 14.2 Å². The Balaban J connectivity index is 1.47. The first-order valence-corrected chi connectivity index (χ1v) is 8.36. The molecule has 1 amide bonds. The van der Waals surface area contributed by atoms with Gasteiger partial charge in [0.25, 0.3) is 5.91 Å². The first kappa shape index (κ1) is 15.6. The van der Waals surface area contributed by atoms with Crippen molar-refractivity contribution in [3.05, 3.63) is 65.9 Å². The van der Waals surface area contributed by atoms with E-state index in [2.05, 4.69) is 9.88 Å². The second-order valence-corrected chi connectivity index (χ2v) is 6.28. The molecular weight excluding hydrogens is 319 g/mol. The number of halogens is 1. The topological polar surface area (TPSA) is 40.9 Å². The van der Waals surface area contributed by atoms with Gasteiger partial charge in [0, 0.05) is 43.8 Å². The van der Waals surface area contributed by atoms with Crippen LogP contribution in [0.15, 0.2) is 48.7 Å². The second kappa shape index (κ2) is 6.20. The smallest absolute Gasteiger partial charge is 0.274 e. The van der Waals surface area contributed by atoms with Crippen LogP contribution in [-0.2, 0) is 0 Å². The van der Waals surface area contributed by atoms with Crippen LogP contribution in [0, 0.1) is 12.7 Å². The summed E-state index contributed by atoms with van der Waals surface area (Å²) in [4.78, 5) is 21.2. The molecule has 1 aliphatic heterocycles. The number of amides is 1. The summed E-state index contributed by atoms with van der Waals surface area (Å²) >= 11 is 0. The number of hydrogen-bond acceptors (Lipinski definition) is 3. The van der Waals surface area contributed by atoms with Gasteiger partial charge >= 0.3 is 0 Å². The summed E-state index contributed by atoms with van der Waals surface area (Å²) in [5, 5.41) is 0. The van der Waals surface area contributed by atoms with E-state index in [1.165, 1.54) is 12.1 Å². The zero-order valence-corrected chi connectivity index (χ0v) is 14.0. The minimum absolute atomic E-state index is 0.0399. The first-order valence-electron chi connectivity index (χ1n) is 8.36. The standard InChI is InChI=1S/C19H19FN4O/c1-14-3-2-4-18-21-17(13-24(14)18)19(25)23-11-9-22(10-12-23)16-7-5-15(20)6-8-16/h2-8,13H,9-12H2,1H3. The van der Waals surface area contributed by atoms with Crippen LogP contribution in [-0.4, -0.2) is 46.4 Å². The predicted octanol–water partition coefficient (Wildman–Crippen LogP) is 2.74. The number of nitrogens with zero attached hydrogens (tertiary/aromatic N) is 4. The number of imidazole rings is 1. The summed E-state index contributed by atoms with van der Waals surface area (Å²) in [7, 11) is 0. The van der Waals surface area contributed by atoms with Crippen molar-refractivity contribution in [1.82, 2.24) is 14.3 Å². The van der Waals surface area contributed by atoms with Crippen LogP contribution < -0.4 is 4.90 Å². The molecule has 3 aromatic rings. The Morgan fingerprint density at radius 3 is 2.44 bits per heavy atom. The maximum absolute atomic E-state index is 13.0. The average molecular weight is 338 g/mol. The van der Waals surface area contributed by atoms with E-state index in [4.69, 9.17) is 0 Å². The molecule has 0 aliphatic carbocycles. The van der Waals surface area contributed by atoms with Crippen molar-refractivity contribution in [2.24, 2.45) is 0 Å². The van der Waals surface area contributed by atoms with E-state index in [1.807, 2.05) is 34.4 Å². The summed E-state index contributed by atoms with van der Waals surface area (Å²) in [6.45, 7) is 4.70. The van der Waals surface area contributed by atoms with E-state index in [0.717, 1.165) is 30.1 Å². The molecule has 0 radical (unpaired) electrons. The van der Waals surface area contributed by atoms with E-state index in [1.54, 1.807) is 18.3 Å². The summed E-state index contributed by atoms with van der Waals surface area (Å²) in [6.07, 6.45) is 1.80. The number of rotatable bonds is 2. The van der Waals surface area contributed by atoms with Gasteiger partial charge in [-0.1, -0.05) is 6.07 Å². The molecule has 3 heterocycles. The lowest BCUT2D eigenvalue weighted by atomic mass is 10.2. The normalized spacial score (nSPS) is 15.0. The van der Waals surface area contributed by atoms with Gasteiger partial charge in [0.2, 0.25) is 0 Å². The van der Waals surface area contributed by atoms with Crippen molar-refractivity contribution in [1.29, 1.82) is 0 Å². The zero-order valence-electron chi connectivity index (χ0n) is 14.0. The van der Waals surface area contributed by atoms with Crippen molar-refractivity contribution in [3.8, 4) is 0 Å². The van der Waals surface area contributed by atoms with Gasteiger partial charge in [0.15, 0.2) is 0 Å². The molecule has 128 valence electrons. The lowest BCUT2D eigenvalue weighted by Gasteiger charge is -2.35. The van der Waals surface area contributed by atoms with Crippen LogP contribution in [0.4, 0.5) is 10.1 Å². The molecule has 1 fully saturated rings. The average Bonchev–Trinajstić information content (AvgIpc) is 3.08. The molecule has 5 nitrogen and oxygen atoms in total. The highest BCUT2D eigenvalue weighted by Gasteiger charge is 2.24. The zero-order chi connectivity index (χ0) is 17.4. The van der Waals surface area contributed by atoms with Gasteiger partial charge in [-0.25, -0.2) is 9.37 Å². The number of aryl methyl sites for hydroxylation is 1. The van der Waals surface area contributed by atoms with E-state index >= 15 is 0 Å². The summed E-state index contributed by atoms with van der Waals surface area (Å²) < 4.78 is 15.0. The number of carbonyl (C=O) groups excluding carboxylic acids is 1. The van der Waals surface area contributed by atoms with Gasteiger partial charge in [0.05, 0.1) is 0 Å². The van der Waals surface area contributed by atoms with Crippen molar-refractivity contribution in [3.63, 3.8) is 0 Å². The molecule has 1 saturated heterocycles. The minimum Gasteiger partial charge on any atom is -0.368 e. The highest BCUT2D eigenvalue weighted by Crippen LogP contribution is 2.18. The van der Waals surface area contributed by atoms with Gasteiger partial charge in [-0.2, -0.15) is 0 Å². The second-order valence-electron chi connectivity index (χ2n) is 6.28. The number of aromatic nitrogens is 2. The van der Waals surface area contributed by atoms with Gasteiger partial charge in [-0.05, 0) is 43.3 Å². The third-order valence-electron chi connectivity index (χ3n) is 4.67. The SMILES string of the molecule is Cc1cccc2nc(C(=O)N3CCN(c4ccc(F)cc4)CC3)cn12. The van der Waals surface area contributed by atoms with Gasteiger partial charge in [0.1, 0.15) is 17.2 Å². The van der Waals surface area contributed by atoms with Crippen molar-refractivity contribution >= 4 is 17.2 Å². The van der Waals surface area contributed by atoms with E-state index < -0.39 is 0 Å². The Bertz CT molecular complexity index is 911. The van der Waals surface area contributed by atoms with Gasteiger partial charge in [-0.3, -0.25) is 4.79 Å². The van der Waals surface area contributed by atoms with Crippen LogP contribution in [0.25, 0.3) is 5.65 Å². The molecule has 1 aliphatic rings. The molecule has 25 heavy (non-hydrogen) atoms. The fourth-order valence-electron chi connectivity index (χ4n) is 3.23. The van der Waals surface area contributed by atoms with Crippen LogP contribution in [0.1, 0.15) is 16.2 Å². The Morgan fingerprint density at radius 2 is 1.76 bits per heavy atom. The third kappa shape index (κ3) is 2.95. The highest BCUT2D eigenvalue weighted by molar-refractivity contribution is 5.93. The van der Waals surface area contributed by atoms with E-state index in [-0.39, 0.29) is 11.7 Å². The number of piperazine rings is 1. The fraction of sp³-hybridized carbons (Fsp3) is 0.263. The molecule has 0 unspecified atom stereocenters. The maximum atomic E-state index is 13.0. The predicted molar refractivity (Wildman–Crippen MR) is 94.4 cm³/mol. The van der Waals surface area contributed by atoms with Crippen LogP contribution in [0.2, 0.25) is 0 Å². The molecule has 4 rings (SSSR count). The van der Waals surface area contributed by atoms with Crippen molar-refractivity contribution < 1.29 is 9.18 Å². The largest absolute Gasteiger partial charge is 0.368 e. The third-order valence-corrected chi connectivity index (χ3v) is 4.67. The van der Waals surface area contributed by atoms with Crippen molar-refractivity contribution in [2.45, 2.75) is 6.92 Å². The van der Waals surface area contributed by atoms with Gasteiger partial charge in [-0.15, -0.1) is 0 Å². The molecule has 2 aromatic heterocycles. The fourth-order valence-corrected chi connectivity index (χ4v) is 3.23. The molecule has 0 saturated carbocycles. The Kier molecular flexibility index (Phi) is 3.87. The molecule has 0 bridgehead atoms. The quantitative estimate of drug-likeness (QED) is 0.721. The molecule has 0 atom stereocenters. The van der Waals surface area contributed by atoms with Crippen molar-refractivity contribution in [2.75, 3.05) is 31.1 Å². The number of carbonyl (C=O) groups is 1. The number of benzene rings is 1. The number of anilines is 1. The maximum Gasteiger partial charge on any atom is 0.274 e. The Hall–Kier alpha value is -2.89. The Labute approximate surface area is 145 Å². The lowest BCUT2D eigenvalue weighted by molar-refractivity contribution is 0.0741. The Morgan fingerprint density at radius 1 is 1.04 bits per heavy atom. The molecule has 1 aromatic carbocycles. The monoisotopic (exact) mass is 338 g/mol. The first-order chi connectivity index (χ1) is 12.1. The number of pyridine rings is 1.